The molecule has 1 aromatic carbocycles. The van der Waals surface area contributed by atoms with E-state index < -0.39 is 10.0 Å². The number of ether oxygens (including phenoxy) is 1. The first kappa shape index (κ1) is 16.3. The van der Waals surface area contributed by atoms with Gasteiger partial charge in [0, 0.05) is 25.6 Å². The number of piperidine rings is 1. The van der Waals surface area contributed by atoms with Crippen molar-refractivity contribution in [2.45, 2.75) is 19.4 Å². The van der Waals surface area contributed by atoms with Crippen molar-refractivity contribution < 1.29 is 13.2 Å². The van der Waals surface area contributed by atoms with E-state index in [1.807, 2.05) is 31.3 Å². The Labute approximate surface area is 127 Å². The molecule has 2 rings (SSSR count). The highest BCUT2D eigenvalue weighted by Crippen LogP contribution is 2.20. The second-order valence-electron chi connectivity index (χ2n) is 5.61. The molecular weight excluding hydrogens is 288 g/mol. The quantitative estimate of drug-likeness (QED) is 0.864. The first-order chi connectivity index (χ1) is 9.99. The summed E-state index contributed by atoms with van der Waals surface area (Å²) in [5.74, 6) is 1.11. The Kier molecular flexibility index (Phi) is 5.61. The molecule has 1 aliphatic heterocycles. The number of hydrogen-bond acceptors (Lipinski definition) is 4. The Morgan fingerprint density at radius 2 is 2.05 bits per heavy atom. The van der Waals surface area contributed by atoms with Crippen LogP contribution in [0.1, 0.15) is 18.4 Å². The summed E-state index contributed by atoms with van der Waals surface area (Å²) >= 11 is 0. The number of rotatable bonds is 6. The molecule has 21 heavy (non-hydrogen) atoms. The maximum atomic E-state index is 11.6. The van der Waals surface area contributed by atoms with Gasteiger partial charge >= 0.3 is 0 Å². The van der Waals surface area contributed by atoms with Gasteiger partial charge in [-0.1, -0.05) is 12.1 Å². The van der Waals surface area contributed by atoms with Gasteiger partial charge in [0.25, 0.3) is 0 Å². The van der Waals surface area contributed by atoms with Crippen LogP contribution in [-0.4, -0.2) is 45.7 Å². The van der Waals surface area contributed by atoms with E-state index in [0.717, 1.165) is 25.1 Å². The molecule has 0 aliphatic carbocycles. The first-order valence-electron chi connectivity index (χ1n) is 7.30. The largest absolute Gasteiger partial charge is 0.493 e. The van der Waals surface area contributed by atoms with Crippen LogP contribution < -0.4 is 10.1 Å². The van der Waals surface area contributed by atoms with E-state index in [2.05, 4.69) is 5.32 Å². The van der Waals surface area contributed by atoms with Crippen molar-refractivity contribution in [3.05, 3.63) is 29.8 Å². The van der Waals surface area contributed by atoms with E-state index in [1.54, 1.807) is 4.31 Å². The molecule has 0 amide bonds. The van der Waals surface area contributed by atoms with Crippen molar-refractivity contribution in [2.75, 3.05) is 33.0 Å². The summed E-state index contributed by atoms with van der Waals surface area (Å²) in [6, 6.07) is 8.00. The zero-order valence-corrected chi connectivity index (χ0v) is 13.5. The van der Waals surface area contributed by atoms with Crippen molar-refractivity contribution in [3.63, 3.8) is 0 Å². The molecule has 0 radical (unpaired) electrons. The Morgan fingerprint density at radius 1 is 1.33 bits per heavy atom. The lowest BCUT2D eigenvalue weighted by Gasteiger charge is -2.30. The van der Waals surface area contributed by atoms with Gasteiger partial charge in [0.05, 0.1) is 12.9 Å². The van der Waals surface area contributed by atoms with Gasteiger partial charge in [-0.2, -0.15) is 0 Å². The van der Waals surface area contributed by atoms with Crippen LogP contribution in [0.3, 0.4) is 0 Å². The molecule has 0 aromatic heterocycles. The fraction of sp³-hybridized carbons (Fsp3) is 0.600. The molecule has 1 atom stereocenters. The Morgan fingerprint density at radius 3 is 2.67 bits per heavy atom. The van der Waals surface area contributed by atoms with Crippen molar-refractivity contribution in [2.24, 2.45) is 5.92 Å². The predicted octanol–water partition coefficient (Wildman–Crippen LogP) is 1.46. The van der Waals surface area contributed by atoms with E-state index in [1.165, 1.54) is 11.8 Å². The van der Waals surface area contributed by atoms with Gasteiger partial charge < -0.3 is 10.1 Å². The number of hydrogen-bond donors (Lipinski definition) is 1. The Hall–Kier alpha value is -1.11. The Balaban J connectivity index is 1.85. The average Bonchev–Trinajstić information content (AvgIpc) is 2.46. The van der Waals surface area contributed by atoms with Crippen molar-refractivity contribution in [1.29, 1.82) is 0 Å². The van der Waals surface area contributed by atoms with Gasteiger partial charge in [-0.05, 0) is 37.6 Å². The molecule has 1 aliphatic rings. The third kappa shape index (κ3) is 4.98. The van der Waals surface area contributed by atoms with Gasteiger partial charge in [-0.25, -0.2) is 12.7 Å². The topological polar surface area (TPSA) is 58.6 Å². The minimum Gasteiger partial charge on any atom is -0.493 e. The molecule has 6 heteroatoms. The third-order valence-corrected chi connectivity index (χ3v) is 5.01. The molecule has 1 fully saturated rings. The number of nitrogens with one attached hydrogen (secondary N) is 1. The monoisotopic (exact) mass is 312 g/mol. The predicted molar refractivity (Wildman–Crippen MR) is 83.8 cm³/mol. The molecule has 0 bridgehead atoms. The van der Waals surface area contributed by atoms with Crippen molar-refractivity contribution in [1.82, 2.24) is 9.62 Å². The van der Waals surface area contributed by atoms with Gasteiger partial charge in [-0.15, -0.1) is 0 Å². The summed E-state index contributed by atoms with van der Waals surface area (Å²) in [4.78, 5) is 0. The minimum atomic E-state index is -3.08. The normalized spacial score (nSPS) is 20.4. The molecule has 1 N–H and O–H groups in total. The maximum Gasteiger partial charge on any atom is 0.211 e. The lowest BCUT2D eigenvalue weighted by atomic mass is 10.0. The third-order valence-electron chi connectivity index (χ3n) is 3.74. The summed E-state index contributed by atoms with van der Waals surface area (Å²) in [5.41, 5.74) is 1.21. The zero-order valence-electron chi connectivity index (χ0n) is 12.7. The van der Waals surface area contributed by atoms with Crippen LogP contribution in [0.25, 0.3) is 0 Å². The molecule has 118 valence electrons. The first-order valence-corrected chi connectivity index (χ1v) is 9.15. The van der Waals surface area contributed by atoms with Crippen molar-refractivity contribution >= 4 is 10.0 Å². The van der Waals surface area contributed by atoms with Gasteiger partial charge in [0.15, 0.2) is 0 Å². The minimum absolute atomic E-state index is 0.269. The fourth-order valence-electron chi connectivity index (χ4n) is 2.59. The van der Waals surface area contributed by atoms with Crippen LogP contribution in [0.15, 0.2) is 24.3 Å². The lowest BCUT2D eigenvalue weighted by molar-refractivity contribution is 0.180. The number of sulfonamides is 1. The highest BCUT2D eigenvalue weighted by Gasteiger charge is 2.26. The summed E-state index contributed by atoms with van der Waals surface area (Å²) in [5, 5.41) is 3.10. The summed E-state index contributed by atoms with van der Waals surface area (Å²) in [6.45, 7) is 2.61. The van der Waals surface area contributed by atoms with E-state index in [9.17, 15) is 8.42 Å². The molecule has 0 spiro atoms. The Bertz CT molecular complexity index is 543. The second kappa shape index (κ2) is 7.24. The standard InChI is InChI=1S/C15H24N2O3S/c1-16-10-13-5-7-15(8-6-13)20-12-14-4-3-9-17(11-14)21(2,18)19/h5-8,14,16H,3-4,9-12H2,1-2H3. The second-order valence-corrected chi connectivity index (χ2v) is 7.60. The highest BCUT2D eigenvalue weighted by atomic mass is 32.2. The van der Waals surface area contributed by atoms with Gasteiger partial charge in [-0.3, -0.25) is 0 Å². The van der Waals surface area contributed by atoms with Crippen LogP contribution in [0, 0.1) is 5.92 Å². The highest BCUT2D eigenvalue weighted by molar-refractivity contribution is 7.88. The number of benzene rings is 1. The van der Waals surface area contributed by atoms with E-state index in [0.29, 0.717) is 19.7 Å². The molecule has 1 heterocycles. The fourth-order valence-corrected chi connectivity index (χ4v) is 3.53. The molecule has 0 saturated carbocycles. The van der Waals surface area contributed by atoms with Gasteiger partial charge in [0.1, 0.15) is 5.75 Å². The number of nitrogens with zero attached hydrogens (tertiary/aromatic N) is 1. The SMILES string of the molecule is CNCc1ccc(OCC2CCCN(S(C)(=O)=O)C2)cc1. The lowest BCUT2D eigenvalue weighted by Crippen LogP contribution is -2.40. The summed E-state index contributed by atoms with van der Waals surface area (Å²) in [6.07, 6.45) is 3.20. The zero-order chi connectivity index (χ0) is 15.3. The van der Waals surface area contributed by atoms with Gasteiger partial charge in [0.2, 0.25) is 10.0 Å². The molecule has 1 unspecified atom stereocenters. The van der Waals surface area contributed by atoms with E-state index >= 15 is 0 Å². The van der Waals surface area contributed by atoms with Crippen LogP contribution >= 0.6 is 0 Å². The van der Waals surface area contributed by atoms with E-state index in [-0.39, 0.29) is 5.92 Å². The smallest absolute Gasteiger partial charge is 0.211 e. The molecular formula is C15H24N2O3S. The molecule has 1 aromatic rings. The molecule has 5 nitrogen and oxygen atoms in total. The van der Waals surface area contributed by atoms with Crippen molar-refractivity contribution in [3.8, 4) is 5.75 Å². The van der Waals surface area contributed by atoms with Crippen LogP contribution in [0.4, 0.5) is 0 Å². The van der Waals surface area contributed by atoms with Crippen LogP contribution in [0.5, 0.6) is 5.75 Å². The average molecular weight is 312 g/mol. The summed E-state index contributed by atoms with van der Waals surface area (Å²) in [7, 11) is -1.17. The maximum absolute atomic E-state index is 11.6. The van der Waals surface area contributed by atoms with Crippen LogP contribution in [0.2, 0.25) is 0 Å². The summed E-state index contributed by atoms with van der Waals surface area (Å²) < 4.78 is 30.5. The molecule has 1 saturated heterocycles. The van der Waals surface area contributed by atoms with E-state index in [4.69, 9.17) is 4.74 Å². The van der Waals surface area contributed by atoms with Crippen LogP contribution in [-0.2, 0) is 16.6 Å².